The Morgan fingerprint density at radius 3 is 2.50 bits per heavy atom. The van der Waals surface area contributed by atoms with Crippen molar-refractivity contribution >= 4 is 17.6 Å². The predicted octanol–water partition coefficient (Wildman–Crippen LogP) is 2.64. The molecule has 2 heterocycles. The Hall–Kier alpha value is -3.00. The third-order valence-electron chi connectivity index (χ3n) is 4.58. The first-order valence-electron chi connectivity index (χ1n) is 9.06. The van der Waals surface area contributed by atoms with Gasteiger partial charge in [-0.15, -0.1) is 0 Å². The number of benzene rings is 1. The van der Waals surface area contributed by atoms with Crippen molar-refractivity contribution in [3.8, 4) is 11.5 Å². The Kier molecular flexibility index (Phi) is 5.60. The van der Waals surface area contributed by atoms with Crippen molar-refractivity contribution in [3.63, 3.8) is 0 Å². The summed E-state index contributed by atoms with van der Waals surface area (Å²) in [5.41, 5.74) is 2.69. The molecule has 28 heavy (non-hydrogen) atoms. The van der Waals surface area contributed by atoms with Gasteiger partial charge < -0.3 is 29.6 Å². The van der Waals surface area contributed by atoms with Crippen molar-refractivity contribution in [2.24, 2.45) is 0 Å². The van der Waals surface area contributed by atoms with Crippen LogP contribution in [0.25, 0.3) is 0 Å². The molecule has 2 atom stereocenters. The molecule has 2 aromatic rings. The van der Waals surface area contributed by atoms with Crippen LogP contribution < -0.4 is 14.8 Å². The molecule has 0 radical (unpaired) electrons. The van der Waals surface area contributed by atoms with Crippen molar-refractivity contribution in [2.45, 2.75) is 39.9 Å². The van der Waals surface area contributed by atoms with Crippen LogP contribution in [0.1, 0.15) is 47.3 Å². The van der Waals surface area contributed by atoms with Crippen LogP contribution in [-0.2, 0) is 9.53 Å². The standard InChI is InChI=1S/C20H24N2O6/c1-10-17(12(3)23)11(2)21-18(10)20(25)28-13(4)19(24)22-14-5-6-15-16(9-14)27-8-7-26-15/h5-6,9,12-13,21,23H,7-8H2,1-4H3,(H,22,24)/t12-,13-/m1/s1. The quantitative estimate of drug-likeness (QED) is 0.680. The number of amides is 1. The maximum Gasteiger partial charge on any atom is 0.355 e. The molecule has 150 valence electrons. The molecule has 0 spiro atoms. The fourth-order valence-corrected chi connectivity index (χ4v) is 3.23. The van der Waals surface area contributed by atoms with Gasteiger partial charge in [-0.1, -0.05) is 0 Å². The number of nitrogens with one attached hydrogen (secondary N) is 2. The summed E-state index contributed by atoms with van der Waals surface area (Å²) in [4.78, 5) is 27.8. The maximum atomic E-state index is 12.5. The summed E-state index contributed by atoms with van der Waals surface area (Å²) >= 11 is 0. The molecule has 8 nitrogen and oxygen atoms in total. The van der Waals surface area contributed by atoms with Crippen LogP contribution in [0.15, 0.2) is 18.2 Å². The second-order valence-corrected chi connectivity index (χ2v) is 6.73. The molecule has 0 saturated carbocycles. The van der Waals surface area contributed by atoms with Gasteiger partial charge in [0.2, 0.25) is 0 Å². The molecular formula is C20H24N2O6. The molecule has 3 rings (SSSR count). The Morgan fingerprint density at radius 2 is 1.86 bits per heavy atom. The molecule has 0 fully saturated rings. The van der Waals surface area contributed by atoms with Gasteiger partial charge in [0.1, 0.15) is 18.9 Å². The lowest BCUT2D eigenvalue weighted by atomic mass is 10.1. The largest absolute Gasteiger partial charge is 0.486 e. The molecule has 1 amide bonds. The van der Waals surface area contributed by atoms with Crippen molar-refractivity contribution in [2.75, 3.05) is 18.5 Å². The number of esters is 1. The number of carbonyl (C=O) groups excluding carboxylic acids is 2. The van der Waals surface area contributed by atoms with Crippen molar-refractivity contribution in [3.05, 3.63) is 40.7 Å². The van der Waals surface area contributed by atoms with Crippen LogP contribution in [0.5, 0.6) is 11.5 Å². The maximum absolute atomic E-state index is 12.5. The molecule has 0 aliphatic carbocycles. The lowest BCUT2D eigenvalue weighted by Gasteiger charge is -2.19. The molecule has 8 heteroatoms. The van der Waals surface area contributed by atoms with Gasteiger partial charge in [0.15, 0.2) is 17.6 Å². The molecule has 0 bridgehead atoms. The number of H-pyrrole nitrogens is 1. The number of carbonyl (C=O) groups is 2. The Bertz CT molecular complexity index is 902. The summed E-state index contributed by atoms with van der Waals surface area (Å²) in [5, 5.41) is 12.5. The smallest absolute Gasteiger partial charge is 0.355 e. The highest BCUT2D eigenvalue weighted by Gasteiger charge is 2.25. The van der Waals surface area contributed by atoms with Crippen molar-refractivity contribution < 1.29 is 28.9 Å². The number of hydrogen-bond donors (Lipinski definition) is 3. The highest BCUT2D eigenvalue weighted by atomic mass is 16.6. The van der Waals surface area contributed by atoms with Gasteiger partial charge in [0, 0.05) is 23.0 Å². The van der Waals surface area contributed by atoms with E-state index in [4.69, 9.17) is 14.2 Å². The van der Waals surface area contributed by atoms with Crippen LogP contribution in [0, 0.1) is 13.8 Å². The van der Waals surface area contributed by atoms with Crippen molar-refractivity contribution in [1.82, 2.24) is 4.98 Å². The lowest BCUT2D eigenvalue weighted by Crippen LogP contribution is -2.30. The fourth-order valence-electron chi connectivity index (χ4n) is 3.23. The first kappa shape index (κ1) is 19.8. The topological polar surface area (TPSA) is 110 Å². The van der Waals surface area contributed by atoms with E-state index >= 15 is 0 Å². The number of aliphatic hydroxyl groups excluding tert-OH is 1. The second-order valence-electron chi connectivity index (χ2n) is 6.73. The van der Waals surface area contributed by atoms with Gasteiger partial charge in [-0.2, -0.15) is 0 Å². The number of fused-ring (bicyclic) bond motifs is 1. The van der Waals surface area contributed by atoms with Crippen LogP contribution >= 0.6 is 0 Å². The predicted molar refractivity (Wildman–Crippen MR) is 102 cm³/mol. The van der Waals surface area contributed by atoms with E-state index in [9.17, 15) is 14.7 Å². The number of ether oxygens (including phenoxy) is 3. The monoisotopic (exact) mass is 388 g/mol. The van der Waals surface area contributed by atoms with Gasteiger partial charge in [-0.3, -0.25) is 4.79 Å². The van der Waals surface area contributed by atoms with E-state index in [1.54, 1.807) is 39.0 Å². The van der Waals surface area contributed by atoms with Crippen LogP contribution in [0.2, 0.25) is 0 Å². The number of aryl methyl sites for hydroxylation is 1. The summed E-state index contributed by atoms with van der Waals surface area (Å²) in [6.45, 7) is 7.54. The summed E-state index contributed by atoms with van der Waals surface area (Å²) in [7, 11) is 0. The average molecular weight is 388 g/mol. The van der Waals surface area contributed by atoms with E-state index in [1.807, 2.05) is 0 Å². The SMILES string of the molecule is Cc1[nH]c(C(=O)O[C@H](C)C(=O)Nc2ccc3c(c2)OCCO3)c(C)c1[C@@H](C)O. The molecule has 1 aliphatic rings. The van der Waals surface area contributed by atoms with Crippen LogP contribution in [0.4, 0.5) is 5.69 Å². The number of anilines is 1. The zero-order valence-corrected chi connectivity index (χ0v) is 16.3. The van der Waals surface area contributed by atoms with E-state index in [0.717, 1.165) is 0 Å². The van der Waals surface area contributed by atoms with Gasteiger partial charge in [-0.05, 0) is 45.4 Å². The Morgan fingerprint density at radius 1 is 1.18 bits per heavy atom. The summed E-state index contributed by atoms with van der Waals surface area (Å²) in [5.74, 6) is 0.0473. The lowest BCUT2D eigenvalue weighted by molar-refractivity contribution is -0.123. The fraction of sp³-hybridized carbons (Fsp3) is 0.400. The van der Waals surface area contributed by atoms with E-state index in [-0.39, 0.29) is 5.69 Å². The number of aliphatic hydroxyl groups is 1. The minimum absolute atomic E-state index is 0.229. The number of rotatable bonds is 5. The van der Waals surface area contributed by atoms with E-state index in [2.05, 4.69) is 10.3 Å². The van der Waals surface area contributed by atoms with Gasteiger partial charge in [0.05, 0.1) is 6.10 Å². The Labute approximate surface area is 162 Å². The first-order chi connectivity index (χ1) is 13.3. The van der Waals surface area contributed by atoms with Crippen LogP contribution in [0.3, 0.4) is 0 Å². The molecule has 0 saturated heterocycles. The third kappa shape index (κ3) is 3.96. The molecule has 0 unspecified atom stereocenters. The van der Waals surface area contributed by atoms with E-state index in [0.29, 0.717) is 47.2 Å². The molecule has 3 N–H and O–H groups in total. The third-order valence-corrected chi connectivity index (χ3v) is 4.58. The van der Waals surface area contributed by atoms with Crippen molar-refractivity contribution in [1.29, 1.82) is 0 Å². The Balaban J connectivity index is 1.66. The summed E-state index contributed by atoms with van der Waals surface area (Å²) in [6.07, 6.45) is -1.73. The van der Waals surface area contributed by atoms with E-state index < -0.39 is 24.1 Å². The number of aromatic nitrogens is 1. The number of hydrogen-bond acceptors (Lipinski definition) is 6. The number of aromatic amines is 1. The first-order valence-corrected chi connectivity index (χ1v) is 9.06. The van der Waals surface area contributed by atoms with Gasteiger partial charge in [0.25, 0.3) is 5.91 Å². The van der Waals surface area contributed by atoms with Crippen LogP contribution in [-0.4, -0.2) is 41.3 Å². The minimum Gasteiger partial charge on any atom is -0.486 e. The summed E-state index contributed by atoms with van der Waals surface area (Å²) < 4.78 is 16.2. The normalized spacial score (nSPS) is 14.9. The highest BCUT2D eigenvalue weighted by Crippen LogP contribution is 2.32. The molecule has 1 aromatic carbocycles. The molecule has 1 aliphatic heterocycles. The van der Waals surface area contributed by atoms with E-state index in [1.165, 1.54) is 6.92 Å². The zero-order chi connectivity index (χ0) is 20.4. The molecular weight excluding hydrogens is 364 g/mol. The second kappa shape index (κ2) is 7.93. The molecule has 1 aromatic heterocycles. The minimum atomic E-state index is -1.02. The van der Waals surface area contributed by atoms with Gasteiger partial charge >= 0.3 is 5.97 Å². The average Bonchev–Trinajstić information content (AvgIpc) is 2.96. The zero-order valence-electron chi connectivity index (χ0n) is 16.3. The van der Waals surface area contributed by atoms with Gasteiger partial charge in [-0.25, -0.2) is 4.79 Å². The summed E-state index contributed by atoms with van der Waals surface area (Å²) in [6, 6.07) is 5.06. The highest BCUT2D eigenvalue weighted by molar-refractivity contribution is 5.97.